The summed E-state index contributed by atoms with van der Waals surface area (Å²) in [7, 11) is 0. The van der Waals surface area contributed by atoms with Crippen LogP contribution in [-0.4, -0.2) is 11.1 Å². The summed E-state index contributed by atoms with van der Waals surface area (Å²) in [5.74, 6) is -1.00. The highest BCUT2D eigenvalue weighted by Gasteiger charge is 2.63. The van der Waals surface area contributed by atoms with Gasteiger partial charge >= 0.3 is 5.97 Å². The number of carbonyl (C=O) groups is 1. The minimum absolute atomic E-state index is 0.130. The summed E-state index contributed by atoms with van der Waals surface area (Å²) < 4.78 is 12.8. The molecule has 3 heteroatoms. The fourth-order valence-corrected chi connectivity index (χ4v) is 3.06. The van der Waals surface area contributed by atoms with Crippen molar-refractivity contribution in [3.05, 3.63) is 35.6 Å². The summed E-state index contributed by atoms with van der Waals surface area (Å²) in [6.45, 7) is 5.98. The minimum Gasteiger partial charge on any atom is -0.481 e. The monoisotopic (exact) mass is 236 g/mol. The van der Waals surface area contributed by atoms with Crippen LogP contribution in [0.2, 0.25) is 0 Å². The molecule has 1 aliphatic carbocycles. The first kappa shape index (κ1) is 12.1. The van der Waals surface area contributed by atoms with Gasteiger partial charge in [0.1, 0.15) is 5.82 Å². The number of halogens is 1. The van der Waals surface area contributed by atoms with Gasteiger partial charge in [0.05, 0.1) is 5.92 Å². The predicted molar refractivity (Wildman–Crippen MR) is 63.2 cm³/mol. The Labute approximate surface area is 100 Å². The van der Waals surface area contributed by atoms with Crippen LogP contribution >= 0.6 is 0 Å². The van der Waals surface area contributed by atoms with Crippen molar-refractivity contribution in [3.63, 3.8) is 0 Å². The van der Waals surface area contributed by atoms with Crippen molar-refractivity contribution in [3.8, 4) is 0 Å². The molecule has 17 heavy (non-hydrogen) atoms. The number of carboxylic acid groups (broad SMARTS) is 1. The molecule has 0 amide bonds. The van der Waals surface area contributed by atoms with Gasteiger partial charge in [-0.05, 0) is 34.9 Å². The largest absolute Gasteiger partial charge is 0.481 e. The van der Waals surface area contributed by atoms with Crippen LogP contribution in [0, 0.1) is 23.1 Å². The number of rotatable bonds is 3. The number of hydrogen-bond donors (Lipinski definition) is 1. The van der Waals surface area contributed by atoms with E-state index in [0.29, 0.717) is 0 Å². The van der Waals surface area contributed by atoms with Crippen molar-refractivity contribution in [2.24, 2.45) is 17.3 Å². The molecule has 92 valence electrons. The third-order valence-corrected chi connectivity index (χ3v) is 4.11. The highest BCUT2D eigenvalue weighted by molar-refractivity contribution is 5.75. The van der Waals surface area contributed by atoms with Crippen LogP contribution in [0.15, 0.2) is 24.3 Å². The molecule has 0 aliphatic heterocycles. The molecular weight excluding hydrogens is 219 g/mol. The van der Waals surface area contributed by atoms with Gasteiger partial charge in [-0.25, -0.2) is 4.39 Å². The van der Waals surface area contributed by atoms with E-state index in [1.54, 1.807) is 12.1 Å². The topological polar surface area (TPSA) is 37.3 Å². The highest BCUT2D eigenvalue weighted by Crippen LogP contribution is 2.63. The fraction of sp³-hybridized carbons (Fsp3) is 0.500. The number of aliphatic carboxylic acids is 1. The first-order chi connectivity index (χ1) is 7.85. The van der Waals surface area contributed by atoms with Gasteiger partial charge in [-0.3, -0.25) is 4.79 Å². The Bertz CT molecular complexity index is 436. The molecule has 1 aromatic carbocycles. The minimum atomic E-state index is -0.728. The summed E-state index contributed by atoms with van der Waals surface area (Å²) in [6, 6.07) is 6.34. The summed E-state index contributed by atoms with van der Waals surface area (Å²) >= 11 is 0. The molecule has 0 spiro atoms. The average Bonchev–Trinajstić information content (AvgIpc) is 2.82. The van der Waals surface area contributed by atoms with E-state index in [1.807, 2.05) is 20.8 Å². The van der Waals surface area contributed by atoms with Crippen LogP contribution in [-0.2, 0) is 4.79 Å². The molecular formula is C14H17FO2. The van der Waals surface area contributed by atoms with Crippen LogP contribution in [0.4, 0.5) is 4.39 Å². The molecule has 1 aromatic rings. The summed E-state index contributed by atoms with van der Waals surface area (Å²) in [6.07, 6.45) is 0. The lowest BCUT2D eigenvalue weighted by atomic mass is 9.92. The maximum atomic E-state index is 12.8. The zero-order chi connectivity index (χ0) is 12.8. The number of benzene rings is 1. The maximum absolute atomic E-state index is 12.8. The second-order valence-electron chi connectivity index (χ2n) is 5.50. The molecule has 1 aliphatic rings. The zero-order valence-corrected chi connectivity index (χ0v) is 10.3. The first-order valence-corrected chi connectivity index (χ1v) is 5.84. The molecule has 0 aromatic heterocycles. The van der Waals surface area contributed by atoms with E-state index in [-0.39, 0.29) is 29.0 Å². The molecule has 1 unspecified atom stereocenters. The smallest absolute Gasteiger partial charge is 0.307 e. The first-order valence-electron chi connectivity index (χ1n) is 5.84. The van der Waals surface area contributed by atoms with Gasteiger partial charge < -0.3 is 5.11 Å². The van der Waals surface area contributed by atoms with Crippen molar-refractivity contribution in [1.82, 2.24) is 0 Å². The zero-order valence-electron chi connectivity index (χ0n) is 10.3. The van der Waals surface area contributed by atoms with Gasteiger partial charge in [0.2, 0.25) is 0 Å². The van der Waals surface area contributed by atoms with E-state index in [9.17, 15) is 9.18 Å². The second-order valence-corrected chi connectivity index (χ2v) is 5.50. The van der Waals surface area contributed by atoms with Gasteiger partial charge in [-0.15, -0.1) is 0 Å². The summed E-state index contributed by atoms with van der Waals surface area (Å²) in [4.78, 5) is 11.1. The van der Waals surface area contributed by atoms with Gasteiger partial charge in [0, 0.05) is 0 Å². The normalized spacial score (nSPS) is 27.5. The second kappa shape index (κ2) is 3.83. The van der Waals surface area contributed by atoms with E-state index in [1.165, 1.54) is 12.1 Å². The van der Waals surface area contributed by atoms with Crippen molar-refractivity contribution in [2.45, 2.75) is 26.7 Å². The van der Waals surface area contributed by atoms with Crippen LogP contribution < -0.4 is 0 Å². The predicted octanol–water partition coefficient (Wildman–Crippen LogP) is 3.29. The van der Waals surface area contributed by atoms with Crippen molar-refractivity contribution < 1.29 is 14.3 Å². The molecule has 2 nitrogen and oxygen atoms in total. The lowest BCUT2D eigenvalue weighted by Gasteiger charge is -2.13. The fourth-order valence-electron chi connectivity index (χ4n) is 3.06. The molecule has 0 radical (unpaired) electrons. The Morgan fingerprint density at radius 2 is 1.88 bits per heavy atom. The Morgan fingerprint density at radius 1 is 1.35 bits per heavy atom. The quantitative estimate of drug-likeness (QED) is 0.874. The Hall–Kier alpha value is -1.38. The molecule has 3 atom stereocenters. The molecule has 0 saturated heterocycles. The van der Waals surface area contributed by atoms with Crippen LogP contribution in [0.5, 0.6) is 0 Å². The van der Waals surface area contributed by atoms with Crippen LogP contribution in [0.25, 0.3) is 0 Å². The van der Waals surface area contributed by atoms with E-state index < -0.39 is 5.97 Å². The number of carboxylic acids is 1. The molecule has 1 saturated carbocycles. The van der Waals surface area contributed by atoms with E-state index in [4.69, 9.17) is 5.11 Å². The van der Waals surface area contributed by atoms with E-state index >= 15 is 0 Å². The maximum Gasteiger partial charge on any atom is 0.307 e. The Morgan fingerprint density at radius 3 is 2.29 bits per heavy atom. The SMILES string of the molecule is CC(c1ccc(F)cc1)[C@H]1[C@H](C(=O)O)C1(C)C. The Balaban J connectivity index is 2.20. The molecule has 1 N–H and O–H groups in total. The van der Waals surface area contributed by atoms with Gasteiger partial charge in [-0.1, -0.05) is 32.9 Å². The third kappa shape index (κ3) is 1.94. The molecule has 2 rings (SSSR count). The van der Waals surface area contributed by atoms with E-state index in [2.05, 4.69) is 0 Å². The lowest BCUT2D eigenvalue weighted by molar-refractivity contribution is -0.139. The van der Waals surface area contributed by atoms with Crippen LogP contribution in [0.1, 0.15) is 32.3 Å². The van der Waals surface area contributed by atoms with Gasteiger partial charge in [0.25, 0.3) is 0 Å². The standard InChI is InChI=1S/C14H17FO2/c1-8(9-4-6-10(15)7-5-9)11-12(13(16)17)14(11,2)3/h4-8,11-12H,1-3H3,(H,16,17)/t8?,11-,12+/m0/s1. The molecule has 0 bridgehead atoms. The van der Waals surface area contributed by atoms with Gasteiger partial charge in [-0.2, -0.15) is 0 Å². The van der Waals surface area contributed by atoms with Crippen molar-refractivity contribution in [1.29, 1.82) is 0 Å². The van der Waals surface area contributed by atoms with Crippen LogP contribution in [0.3, 0.4) is 0 Å². The summed E-state index contributed by atoms with van der Waals surface area (Å²) in [5.41, 5.74) is 0.841. The van der Waals surface area contributed by atoms with Gasteiger partial charge in [0.15, 0.2) is 0 Å². The van der Waals surface area contributed by atoms with Crippen molar-refractivity contribution in [2.75, 3.05) is 0 Å². The number of hydrogen-bond acceptors (Lipinski definition) is 1. The third-order valence-electron chi connectivity index (χ3n) is 4.11. The molecule has 0 heterocycles. The highest BCUT2D eigenvalue weighted by atomic mass is 19.1. The Kier molecular flexibility index (Phi) is 2.72. The van der Waals surface area contributed by atoms with Crippen molar-refractivity contribution >= 4 is 5.97 Å². The lowest BCUT2D eigenvalue weighted by Crippen LogP contribution is -2.04. The summed E-state index contributed by atoms with van der Waals surface area (Å²) in [5, 5.41) is 9.14. The molecule has 1 fully saturated rings. The average molecular weight is 236 g/mol. The van der Waals surface area contributed by atoms with E-state index in [0.717, 1.165) is 5.56 Å².